The Morgan fingerprint density at radius 2 is 1.91 bits per heavy atom. The van der Waals surface area contributed by atoms with Crippen LogP contribution in [0.25, 0.3) is 0 Å². The van der Waals surface area contributed by atoms with Gasteiger partial charge in [-0.05, 0) is 25.8 Å². The molecule has 0 bridgehead atoms. The fourth-order valence-electron chi connectivity index (χ4n) is 3.44. The molecule has 3 rings (SSSR count). The van der Waals surface area contributed by atoms with Crippen LogP contribution in [0.15, 0.2) is 35.5 Å². The first-order chi connectivity index (χ1) is 10.7. The average Bonchev–Trinajstić information content (AvgIpc) is 3.09. The molecule has 0 radical (unpaired) electrons. The maximum absolute atomic E-state index is 13.3. The topological polar surface area (TPSA) is 57.1 Å². The third kappa shape index (κ3) is 2.73. The highest BCUT2D eigenvalue weighted by Crippen LogP contribution is 2.63. The normalized spacial score (nSPS) is 27.4. The van der Waals surface area contributed by atoms with Gasteiger partial charge in [0.05, 0.1) is 24.6 Å². The molecule has 1 aromatic rings. The van der Waals surface area contributed by atoms with Crippen LogP contribution in [0.3, 0.4) is 0 Å². The molecule has 0 amide bonds. The lowest BCUT2D eigenvalue weighted by Gasteiger charge is -2.27. The van der Waals surface area contributed by atoms with Crippen molar-refractivity contribution in [3.05, 3.63) is 35.9 Å². The van der Waals surface area contributed by atoms with Gasteiger partial charge in [0.2, 0.25) is 0 Å². The van der Waals surface area contributed by atoms with E-state index < -0.39 is 7.60 Å². The molecular formula is C16H22NO4P. The molecule has 0 spiro atoms. The summed E-state index contributed by atoms with van der Waals surface area (Å²) in [6, 6.07) is 10.0. The Morgan fingerprint density at radius 3 is 2.55 bits per heavy atom. The minimum atomic E-state index is -3.18. The SMILES string of the molecule is CCOP(=O)(OCC)[C@@H]1C[C@H]2CON=C2[C@@H]1c1ccccc1. The molecule has 1 aliphatic carbocycles. The van der Waals surface area contributed by atoms with E-state index in [2.05, 4.69) is 5.16 Å². The molecule has 1 aliphatic heterocycles. The minimum absolute atomic E-state index is 0.0577. The molecule has 6 heteroatoms. The second kappa shape index (κ2) is 6.53. The molecule has 2 aliphatic rings. The number of rotatable bonds is 6. The second-order valence-corrected chi connectivity index (χ2v) is 7.83. The van der Waals surface area contributed by atoms with Gasteiger partial charge >= 0.3 is 7.60 Å². The van der Waals surface area contributed by atoms with Gasteiger partial charge in [0.1, 0.15) is 6.61 Å². The van der Waals surface area contributed by atoms with Crippen LogP contribution in [-0.4, -0.2) is 31.2 Å². The van der Waals surface area contributed by atoms with Crippen molar-refractivity contribution in [2.75, 3.05) is 19.8 Å². The summed E-state index contributed by atoms with van der Waals surface area (Å²) in [6.45, 7) is 5.01. The van der Waals surface area contributed by atoms with Gasteiger partial charge in [-0.25, -0.2) is 0 Å². The molecule has 1 aromatic carbocycles. The van der Waals surface area contributed by atoms with E-state index in [4.69, 9.17) is 13.9 Å². The Hall–Kier alpha value is -1.16. The van der Waals surface area contributed by atoms with Crippen molar-refractivity contribution < 1.29 is 18.5 Å². The average molecular weight is 323 g/mol. The maximum Gasteiger partial charge on any atom is 0.334 e. The van der Waals surface area contributed by atoms with E-state index in [0.717, 1.165) is 17.7 Å². The summed E-state index contributed by atoms with van der Waals surface area (Å²) in [5.74, 6) is 0.155. The Morgan fingerprint density at radius 1 is 1.23 bits per heavy atom. The Balaban J connectivity index is 2.00. The van der Waals surface area contributed by atoms with E-state index in [1.807, 2.05) is 44.2 Å². The van der Waals surface area contributed by atoms with Crippen LogP contribution in [0.5, 0.6) is 0 Å². The van der Waals surface area contributed by atoms with Crippen LogP contribution in [0.2, 0.25) is 0 Å². The molecule has 1 heterocycles. The Labute approximate surface area is 131 Å². The van der Waals surface area contributed by atoms with E-state index in [-0.39, 0.29) is 17.5 Å². The van der Waals surface area contributed by atoms with E-state index >= 15 is 0 Å². The van der Waals surface area contributed by atoms with Gasteiger partial charge in [-0.2, -0.15) is 0 Å². The summed E-state index contributed by atoms with van der Waals surface area (Å²) >= 11 is 0. The summed E-state index contributed by atoms with van der Waals surface area (Å²) in [5, 5.41) is 4.22. The second-order valence-electron chi connectivity index (χ2n) is 5.58. The molecular weight excluding hydrogens is 301 g/mol. The highest BCUT2D eigenvalue weighted by atomic mass is 31.2. The highest BCUT2D eigenvalue weighted by Gasteiger charge is 2.53. The van der Waals surface area contributed by atoms with Gasteiger partial charge in [0, 0.05) is 11.8 Å². The Bertz CT molecular complexity index is 579. The number of hydrogen-bond acceptors (Lipinski definition) is 5. The maximum atomic E-state index is 13.3. The lowest BCUT2D eigenvalue weighted by atomic mass is 9.94. The van der Waals surface area contributed by atoms with E-state index in [1.54, 1.807) is 0 Å². The van der Waals surface area contributed by atoms with Crippen molar-refractivity contribution in [2.45, 2.75) is 31.8 Å². The zero-order valence-electron chi connectivity index (χ0n) is 13.0. The van der Waals surface area contributed by atoms with Crippen LogP contribution < -0.4 is 0 Å². The van der Waals surface area contributed by atoms with Crippen LogP contribution in [-0.2, 0) is 18.5 Å². The van der Waals surface area contributed by atoms with Crippen LogP contribution in [0, 0.1) is 5.92 Å². The fourth-order valence-corrected chi connectivity index (χ4v) is 5.82. The minimum Gasteiger partial charge on any atom is -0.395 e. The monoisotopic (exact) mass is 323 g/mol. The molecule has 5 nitrogen and oxygen atoms in total. The lowest BCUT2D eigenvalue weighted by molar-refractivity contribution is 0.149. The van der Waals surface area contributed by atoms with Crippen molar-refractivity contribution in [2.24, 2.45) is 11.1 Å². The van der Waals surface area contributed by atoms with Gasteiger partial charge in [-0.1, -0.05) is 35.5 Å². The molecule has 1 saturated carbocycles. The zero-order chi connectivity index (χ0) is 15.6. The standard InChI is InChI=1S/C16H22NO4P/c1-3-20-22(18,21-4-2)14-10-13-11-19-17-16(13)15(14)12-8-6-5-7-9-12/h5-9,13-15H,3-4,10-11H2,1-2H3/t13-,14+,15+/m0/s1. The summed E-state index contributed by atoms with van der Waals surface area (Å²) in [6.07, 6.45) is 0.732. The van der Waals surface area contributed by atoms with E-state index in [1.165, 1.54) is 0 Å². The number of hydrogen-bond donors (Lipinski definition) is 0. The predicted octanol–water partition coefficient (Wildman–Crippen LogP) is 3.81. The molecule has 120 valence electrons. The van der Waals surface area contributed by atoms with Crippen molar-refractivity contribution >= 4 is 13.3 Å². The first-order valence-electron chi connectivity index (χ1n) is 7.83. The summed E-state index contributed by atoms with van der Waals surface area (Å²) in [5.41, 5.74) is 1.89. The largest absolute Gasteiger partial charge is 0.395 e. The summed E-state index contributed by atoms with van der Waals surface area (Å²) in [4.78, 5) is 5.26. The van der Waals surface area contributed by atoms with Crippen molar-refractivity contribution in [1.29, 1.82) is 0 Å². The molecule has 22 heavy (non-hydrogen) atoms. The van der Waals surface area contributed by atoms with Crippen molar-refractivity contribution in [3.63, 3.8) is 0 Å². The van der Waals surface area contributed by atoms with Crippen molar-refractivity contribution in [1.82, 2.24) is 0 Å². The lowest BCUT2D eigenvalue weighted by Crippen LogP contribution is -2.20. The van der Waals surface area contributed by atoms with Crippen molar-refractivity contribution in [3.8, 4) is 0 Å². The van der Waals surface area contributed by atoms with Crippen LogP contribution in [0.1, 0.15) is 31.7 Å². The Kier molecular flexibility index (Phi) is 4.67. The molecule has 1 fully saturated rings. The first-order valence-corrected chi connectivity index (χ1v) is 9.44. The predicted molar refractivity (Wildman–Crippen MR) is 85.3 cm³/mol. The number of fused-ring (bicyclic) bond motifs is 1. The first kappa shape index (κ1) is 15.7. The molecule has 3 atom stereocenters. The quantitative estimate of drug-likeness (QED) is 0.747. The van der Waals surface area contributed by atoms with Gasteiger partial charge in [0.25, 0.3) is 0 Å². The number of oxime groups is 1. The molecule has 0 aromatic heterocycles. The zero-order valence-corrected chi connectivity index (χ0v) is 13.9. The third-order valence-corrected chi connectivity index (χ3v) is 6.83. The van der Waals surface area contributed by atoms with Crippen LogP contribution in [0.4, 0.5) is 0 Å². The molecule has 0 saturated heterocycles. The summed E-state index contributed by atoms with van der Waals surface area (Å²) < 4.78 is 24.5. The van der Waals surface area contributed by atoms with Gasteiger partial charge in [0.15, 0.2) is 0 Å². The smallest absolute Gasteiger partial charge is 0.334 e. The van der Waals surface area contributed by atoms with E-state index in [0.29, 0.717) is 19.8 Å². The van der Waals surface area contributed by atoms with E-state index in [9.17, 15) is 4.57 Å². The number of nitrogens with zero attached hydrogens (tertiary/aromatic N) is 1. The molecule has 0 unspecified atom stereocenters. The third-order valence-electron chi connectivity index (χ3n) is 4.28. The van der Waals surface area contributed by atoms with Gasteiger partial charge in [-0.15, -0.1) is 0 Å². The summed E-state index contributed by atoms with van der Waals surface area (Å²) in [7, 11) is -3.18. The number of benzene rings is 1. The van der Waals surface area contributed by atoms with Gasteiger partial charge in [-0.3, -0.25) is 4.57 Å². The van der Waals surface area contributed by atoms with Gasteiger partial charge < -0.3 is 13.9 Å². The van der Waals surface area contributed by atoms with Crippen LogP contribution >= 0.6 is 7.60 Å². The molecule has 0 N–H and O–H groups in total. The fraction of sp³-hybridized carbons (Fsp3) is 0.562. The highest BCUT2D eigenvalue weighted by molar-refractivity contribution is 7.54.